The predicted octanol–water partition coefficient (Wildman–Crippen LogP) is 4.57. The molecule has 6 heteroatoms. The van der Waals surface area contributed by atoms with Gasteiger partial charge >= 0.3 is 0 Å². The zero-order chi connectivity index (χ0) is 22.4. The van der Waals surface area contributed by atoms with E-state index in [-0.39, 0.29) is 11.8 Å². The normalized spacial score (nSPS) is 14.4. The summed E-state index contributed by atoms with van der Waals surface area (Å²) in [5.41, 5.74) is 2.61. The number of nitrogens with zero attached hydrogens (tertiary/aromatic N) is 1. The number of amides is 2. The van der Waals surface area contributed by atoms with Crippen molar-refractivity contribution in [1.29, 1.82) is 0 Å². The Morgan fingerprint density at radius 1 is 1.10 bits per heavy atom. The number of ether oxygens (including phenoxy) is 1. The number of hydrogen-bond acceptors (Lipinski definition) is 4. The molecule has 1 saturated heterocycles. The van der Waals surface area contributed by atoms with Crippen LogP contribution in [-0.4, -0.2) is 38.6 Å². The lowest BCUT2D eigenvalue weighted by Gasteiger charge is -2.33. The molecule has 0 aliphatic carbocycles. The molecule has 0 bridgehead atoms. The van der Waals surface area contributed by atoms with Gasteiger partial charge in [-0.15, -0.1) is 0 Å². The third-order valence-corrected chi connectivity index (χ3v) is 5.63. The van der Waals surface area contributed by atoms with Crippen molar-refractivity contribution < 1.29 is 14.3 Å². The van der Waals surface area contributed by atoms with Gasteiger partial charge in [0.15, 0.2) is 0 Å². The summed E-state index contributed by atoms with van der Waals surface area (Å²) < 4.78 is 5.20. The van der Waals surface area contributed by atoms with E-state index in [1.807, 2.05) is 12.1 Å². The average molecular weight is 424 g/mol. The number of carbonyl (C=O) groups excluding carboxylic acids is 2. The van der Waals surface area contributed by atoms with Gasteiger partial charge in [0, 0.05) is 36.6 Å². The van der Waals surface area contributed by atoms with Crippen LogP contribution in [0.2, 0.25) is 0 Å². The molecule has 0 radical (unpaired) electrons. The number of benzene rings is 2. The first kappa shape index (κ1) is 22.7. The molecular weight excluding hydrogens is 390 g/mol. The number of hydrogen-bond donors (Lipinski definition) is 2. The van der Waals surface area contributed by atoms with E-state index in [2.05, 4.69) is 36.3 Å². The van der Waals surface area contributed by atoms with Gasteiger partial charge in [0.05, 0.1) is 12.7 Å². The Balaban J connectivity index is 1.85. The fraction of sp³-hybridized carbons (Fsp3) is 0.440. The number of nitrogens with one attached hydrogen (secondary N) is 2. The maximum absolute atomic E-state index is 13.0. The van der Waals surface area contributed by atoms with Gasteiger partial charge in [0.2, 0.25) is 0 Å². The quantitative estimate of drug-likeness (QED) is 0.684. The van der Waals surface area contributed by atoms with E-state index < -0.39 is 0 Å². The number of piperidine rings is 1. The highest BCUT2D eigenvalue weighted by Gasteiger charge is 2.22. The van der Waals surface area contributed by atoms with Gasteiger partial charge < -0.3 is 20.3 Å². The van der Waals surface area contributed by atoms with Crippen LogP contribution in [0.1, 0.15) is 54.3 Å². The van der Waals surface area contributed by atoms with E-state index in [0.717, 1.165) is 31.6 Å². The summed E-state index contributed by atoms with van der Waals surface area (Å²) in [6, 6.07) is 12.6. The molecular formula is C25H33N3O3. The number of methoxy groups -OCH3 is 1. The van der Waals surface area contributed by atoms with Crippen LogP contribution in [0.3, 0.4) is 0 Å². The maximum Gasteiger partial charge on any atom is 0.255 e. The van der Waals surface area contributed by atoms with Gasteiger partial charge in [-0.25, -0.2) is 0 Å². The summed E-state index contributed by atoms with van der Waals surface area (Å²) in [6.45, 7) is 8.87. The summed E-state index contributed by atoms with van der Waals surface area (Å²) in [5, 5.41) is 5.93. The Bertz CT molecular complexity index is 918. The Hall–Kier alpha value is -3.02. The molecule has 6 nitrogen and oxygen atoms in total. The van der Waals surface area contributed by atoms with Crippen molar-refractivity contribution in [3.63, 3.8) is 0 Å². The van der Waals surface area contributed by atoms with Crippen LogP contribution in [0.15, 0.2) is 42.5 Å². The van der Waals surface area contributed by atoms with Gasteiger partial charge in [-0.3, -0.25) is 9.59 Å². The van der Waals surface area contributed by atoms with Crippen LogP contribution in [-0.2, 0) is 0 Å². The zero-order valence-corrected chi connectivity index (χ0v) is 18.9. The molecule has 0 atom stereocenters. The predicted molar refractivity (Wildman–Crippen MR) is 125 cm³/mol. The van der Waals surface area contributed by atoms with Gasteiger partial charge in [-0.1, -0.05) is 26.8 Å². The lowest BCUT2D eigenvalue weighted by atomic mass is 9.97. The van der Waals surface area contributed by atoms with Crippen molar-refractivity contribution in [2.24, 2.45) is 11.8 Å². The first-order valence-electron chi connectivity index (χ1n) is 11.0. The van der Waals surface area contributed by atoms with Crippen molar-refractivity contribution in [2.45, 2.75) is 33.6 Å². The molecule has 2 aromatic rings. The minimum atomic E-state index is -0.244. The summed E-state index contributed by atoms with van der Waals surface area (Å²) in [7, 11) is 1.57. The standard InChI is InChI=1S/C25H33N3O3/c1-17(2)16-26-25(30)22-15-20(8-9-23(22)28-12-10-18(3)11-13-28)27-24(29)19-6-5-7-21(14-19)31-4/h5-9,14-15,17-18H,10-13,16H2,1-4H3,(H,26,30)(H,27,29). The van der Waals surface area contributed by atoms with E-state index in [0.29, 0.717) is 40.9 Å². The highest BCUT2D eigenvalue weighted by Crippen LogP contribution is 2.29. The minimum absolute atomic E-state index is 0.111. The molecule has 2 aromatic carbocycles. The summed E-state index contributed by atoms with van der Waals surface area (Å²) in [4.78, 5) is 28.0. The summed E-state index contributed by atoms with van der Waals surface area (Å²) >= 11 is 0. The zero-order valence-electron chi connectivity index (χ0n) is 18.9. The molecule has 1 heterocycles. The Morgan fingerprint density at radius 2 is 1.84 bits per heavy atom. The number of carbonyl (C=O) groups is 2. The lowest BCUT2D eigenvalue weighted by molar-refractivity contribution is 0.0948. The van der Waals surface area contributed by atoms with Crippen molar-refractivity contribution in [3.8, 4) is 5.75 Å². The second-order valence-corrected chi connectivity index (χ2v) is 8.69. The first-order chi connectivity index (χ1) is 14.9. The highest BCUT2D eigenvalue weighted by molar-refractivity contribution is 6.06. The minimum Gasteiger partial charge on any atom is -0.497 e. The van der Waals surface area contributed by atoms with E-state index in [4.69, 9.17) is 4.74 Å². The van der Waals surface area contributed by atoms with E-state index in [9.17, 15) is 9.59 Å². The van der Waals surface area contributed by atoms with Crippen LogP contribution in [0.4, 0.5) is 11.4 Å². The summed E-state index contributed by atoms with van der Waals surface area (Å²) in [5.74, 6) is 1.33. The highest BCUT2D eigenvalue weighted by atomic mass is 16.5. The fourth-order valence-electron chi connectivity index (χ4n) is 3.68. The van der Waals surface area contributed by atoms with E-state index >= 15 is 0 Å². The topological polar surface area (TPSA) is 70.7 Å². The third kappa shape index (κ3) is 6.00. The Kier molecular flexibility index (Phi) is 7.55. The second-order valence-electron chi connectivity index (χ2n) is 8.69. The molecule has 2 N–H and O–H groups in total. The van der Waals surface area contributed by atoms with Crippen molar-refractivity contribution >= 4 is 23.2 Å². The number of rotatable bonds is 7. The van der Waals surface area contributed by atoms with Gasteiger partial charge in [-0.05, 0) is 61.1 Å². The SMILES string of the molecule is COc1cccc(C(=O)Nc2ccc(N3CCC(C)CC3)c(C(=O)NCC(C)C)c2)c1. The molecule has 166 valence electrons. The van der Waals surface area contributed by atoms with Crippen molar-refractivity contribution in [2.75, 3.05) is 37.0 Å². The monoisotopic (exact) mass is 423 g/mol. The fourth-order valence-corrected chi connectivity index (χ4v) is 3.68. The molecule has 31 heavy (non-hydrogen) atoms. The van der Waals surface area contributed by atoms with Crippen molar-refractivity contribution in [1.82, 2.24) is 5.32 Å². The molecule has 1 fully saturated rings. The van der Waals surface area contributed by atoms with Crippen molar-refractivity contribution in [3.05, 3.63) is 53.6 Å². The third-order valence-electron chi connectivity index (χ3n) is 5.63. The van der Waals surface area contributed by atoms with Crippen LogP contribution >= 0.6 is 0 Å². The van der Waals surface area contributed by atoms with Crippen LogP contribution in [0, 0.1) is 11.8 Å². The summed E-state index contributed by atoms with van der Waals surface area (Å²) in [6.07, 6.45) is 2.22. The molecule has 1 aliphatic heterocycles. The van der Waals surface area contributed by atoms with Crippen LogP contribution in [0.5, 0.6) is 5.75 Å². The lowest BCUT2D eigenvalue weighted by Crippen LogP contribution is -2.35. The molecule has 0 saturated carbocycles. The average Bonchev–Trinajstić information content (AvgIpc) is 2.78. The molecule has 2 amide bonds. The van der Waals surface area contributed by atoms with Gasteiger partial charge in [-0.2, -0.15) is 0 Å². The van der Waals surface area contributed by atoms with Gasteiger partial charge in [0.25, 0.3) is 11.8 Å². The number of anilines is 2. The largest absolute Gasteiger partial charge is 0.497 e. The molecule has 0 aromatic heterocycles. The van der Waals surface area contributed by atoms with Crippen LogP contribution in [0.25, 0.3) is 0 Å². The maximum atomic E-state index is 13.0. The first-order valence-corrected chi connectivity index (χ1v) is 11.0. The Morgan fingerprint density at radius 3 is 2.52 bits per heavy atom. The molecule has 0 spiro atoms. The van der Waals surface area contributed by atoms with Crippen LogP contribution < -0.4 is 20.3 Å². The van der Waals surface area contributed by atoms with E-state index in [1.165, 1.54) is 0 Å². The molecule has 3 rings (SSSR count). The molecule has 0 unspecified atom stereocenters. The Labute approximate surface area is 185 Å². The van der Waals surface area contributed by atoms with E-state index in [1.54, 1.807) is 37.4 Å². The van der Waals surface area contributed by atoms with Gasteiger partial charge in [0.1, 0.15) is 5.75 Å². The smallest absolute Gasteiger partial charge is 0.255 e. The molecule has 1 aliphatic rings. The second kappa shape index (κ2) is 10.3.